The Morgan fingerprint density at radius 1 is 1.38 bits per heavy atom. The highest BCUT2D eigenvalue weighted by atomic mass is 16.4. The van der Waals surface area contributed by atoms with Gasteiger partial charge in [0.15, 0.2) is 0 Å². The molecule has 6 nitrogen and oxygen atoms in total. The number of carbonyl (C=O) groups is 2. The first-order valence-electron chi connectivity index (χ1n) is 7.23. The number of urea groups is 1. The molecular weight excluding hydrogens is 270 g/mol. The summed E-state index contributed by atoms with van der Waals surface area (Å²) in [5.74, 6) is -0.997. The highest BCUT2D eigenvalue weighted by Gasteiger charge is 2.28. The van der Waals surface area contributed by atoms with Gasteiger partial charge in [-0.15, -0.1) is 0 Å². The average Bonchev–Trinajstić information content (AvgIpc) is 2.45. The van der Waals surface area contributed by atoms with E-state index in [0.29, 0.717) is 5.69 Å². The normalized spacial score (nSPS) is 21.9. The van der Waals surface area contributed by atoms with E-state index in [2.05, 4.69) is 24.1 Å². The van der Waals surface area contributed by atoms with E-state index < -0.39 is 5.97 Å². The van der Waals surface area contributed by atoms with Gasteiger partial charge in [-0.05, 0) is 45.2 Å². The fourth-order valence-corrected chi connectivity index (χ4v) is 2.79. The number of aromatic carboxylic acids is 1. The molecule has 1 aliphatic rings. The van der Waals surface area contributed by atoms with Gasteiger partial charge in [-0.25, -0.2) is 9.59 Å². The molecule has 1 aromatic heterocycles. The van der Waals surface area contributed by atoms with E-state index in [1.54, 1.807) is 0 Å². The van der Waals surface area contributed by atoms with Crippen molar-refractivity contribution in [2.75, 3.05) is 0 Å². The summed E-state index contributed by atoms with van der Waals surface area (Å²) in [6, 6.07) is 3.25. The van der Waals surface area contributed by atoms with E-state index in [1.165, 1.54) is 18.3 Å². The molecule has 0 radical (unpaired) electrons. The lowest BCUT2D eigenvalue weighted by Gasteiger charge is -2.38. The lowest BCUT2D eigenvalue weighted by molar-refractivity contribution is 0.0696. The first kappa shape index (κ1) is 15.3. The summed E-state index contributed by atoms with van der Waals surface area (Å²) >= 11 is 0. The Hall–Kier alpha value is -2.11. The van der Waals surface area contributed by atoms with Crippen LogP contribution in [0.2, 0.25) is 0 Å². The van der Waals surface area contributed by atoms with Crippen LogP contribution in [0.15, 0.2) is 18.3 Å². The van der Waals surface area contributed by atoms with Crippen LogP contribution < -0.4 is 5.32 Å². The molecule has 0 aromatic carbocycles. The van der Waals surface area contributed by atoms with Gasteiger partial charge in [0.25, 0.3) is 0 Å². The van der Waals surface area contributed by atoms with Gasteiger partial charge in [-0.3, -0.25) is 4.98 Å². The number of piperidine rings is 1. The molecule has 0 saturated carbocycles. The van der Waals surface area contributed by atoms with Crippen molar-refractivity contribution in [2.24, 2.45) is 0 Å². The van der Waals surface area contributed by atoms with Gasteiger partial charge >= 0.3 is 12.0 Å². The number of pyridine rings is 1. The third-order valence-corrected chi connectivity index (χ3v) is 3.91. The van der Waals surface area contributed by atoms with Crippen LogP contribution in [0.1, 0.15) is 49.2 Å². The third-order valence-electron chi connectivity index (χ3n) is 3.91. The molecule has 2 rings (SSSR count). The number of carbonyl (C=O) groups excluding carboxylic acids is 1. The molecule has 0 spiro atoms. The van der Waals surface area contributed by atoms with Crippen molar-refractivity contribution in [1.82, 2.24) is 15.2 Å². The number of carboxylic acids is 1. The number of aromatic nitrogens is 1. The Bertz CT molecular complexity index is 523. The van der Waals surface area contributed by atoms with Crippen molar-refractivity contribution in [3.05, 3.63) is 29.6 Å². The van der Waals surface area contributed by atoms with E-state index in [0.717, 1.165) is 19.3 Å². The first-order chi connectivity index (χ1) is 9.99. The maximum Gasteiger partial charge on any atom is 0.335 e. The summed E-state index contributed by atoms with van der Waals surface area (Å²) in [6.45, 7) is 4.34. The zero-order valence-corrected chi connectivity index (χ0v) is 12.4. The minimum absolute atomic E-state index is 0.114. The van der Waals surface area contributed by atoms with Crippen molar-refractivity contribution in [3.63, 3.8) is 0 Å². The van der Waals surface area contributed by atoms with Crippen LogP contribution in [0.4, 0.5) is 4.79 Å². The lowest BCUT2D eigenvalue weighted by Crippen LogP contribution is -2.51. The Balaban J connectivity index is 1.97. The summed E-state index contributed by atoms with van der Waals surface area (Å²) in [4.78, 5) is 29.1. The van der Waals surface area contributed by atoms with Crippen LogP contribution in [-0.2, 0) is 6.54 Å². The van der Waals surface area contributed by atoms with Gasteiger partial charge in [0.2, 0.25) is 0 Å². The minimum Gasteiger partial charge on any atom is -0.478 e. The zero-order valence-electron chi connectivity index (χ0n) is 12.4. The molecule has 2 heterocycles. The molecular formula is C15H21N3O3. The third kappa shape index (κ3) is 3.71. The van der Waals surface area contributed by atoms with Gasteiger partial charge in [-0.2, -0.15) is 0 Å². The smallest absolute Gasteiger partial charge is 0.335 e. The van der Waals surface area contributed by atoms with E-state index in [-0.39, 0.29) is 30.2 Å². The van der Waals surface area contributed by atoms with Crippen LogP contribution in [0.3, 0.4) is 0 Å². The zero-order chi connectivity index (χ0) is 15.4. The summed E-state index contributed by atoms with van der Waals surface area (Å²) in [6.07, 6.45) is 4.63. The van der Waals surface area contributed by atoms with Crippen molar-refractivity contribution in [1.29, 1.82) is 0 Å². The Morgan fingerprint density at radius 3 is 2.67 bits per heavy atom. The first-order valence-corrected chi connectivity index (χ1v) is 7.23. The second-order valence-corrected chi connectivity index (χ2v) is 5.54. The predicted molar refractivity (Wildman–Crippen MR) is 78.0 cm³/mol. The second-order valence-electron chi connectivity index (χ2n) is 5.54. The summed E-state index contributed by atoms with van der Waals surface area (Å²) in [5, 5.41) is 11.8. The summed E-state index contributed by atoms with van der Waals surface area (Å²) < 4.78 is 0. The van der Waals surface area contributed by atoms with Crippen LogP contribution in [0.25, 0.3) is 0 Å². The van der Waals surface area contributed by atoms with Crippen LogP contribution in [0, 0.1) is 0 Å². The van der Waals surface area contributed by atoms with Crippen molar-refractivity contribution in [2.45, 2.75) is 51.7 Å². The van der Waals surface area contributed by atoms with Gasteiger partial charge in [0.05, 0.1) is 17.8 Å². The fourth-order valence-electron chi connectivity index (χ4n) is 2.79. The van der Waals surface area contributed by atoms with E-state index >= 15 is 0 Å². The SMILES string of the molecule is CC1CCCC(C)N1C(=O)NCc1cc(C(=O)O)ccn1. The Kier molecular flexibility index (Phi) is 4.77. The summed E-state index contributed by atoms with van der Waals surface area (Å²) in [7, 11) is 0. The molecule has 6 heteroatoms. The molecule has 1 fully saturated rings. The quantitative estimate of drug-likeness (QED) is 0.894. The fraction of sp³-hybridized carbons (Fsp3) is 0.533. The number of rotatable bonds is 3. The number of hydrogen-bond donors (Lipinski definition) is 2. The standard InChI is InChI=1S/C15H21N3O3/c1-10-4-3-5-11(2)18(10)15(21)17-9-13-8-12(14(19)20)6-7-16-13/h6-8,10-11H,3-5,9H2,1-2H3,(H,17,21)(H,19,20). The molecule has 2 atom stereocenters. The highest BCUT2D eigenvalue weighted by molar-refractivity contribution is 5.87. The number of likely N-dealkylation sites (tertiary alicyclic amines) is 1. The summed E-state index contributed by atoms with van der Waals surface area (Å²) in [5.41, 5.74) is 0.717. The molecule has 2 amide bonds. The van der Waals surface area contributed by atoms with Crippen LogP contribution in [0.5, 0.6) is 0 Å². The van der Waals surface area contributed by atoms with Gasteiger partial charge < -0.3 is 15.3 Å². The van der Waals surface area contributed by atoms with Gasteiger partial charge in [-0.1, -0.05) is 0 Å². The Labute approximate surface area is 124 Å². The largest absolute Gasteiger partial charge is 0.478 e. The van der Waals surface area contributed by atoms with E-state index in [1.807, 2.05) is 4.90 Å². The van der Waals surface area contributed by atoms with Gasteiger partial charge in [0.1, 0.15) is 0 Å². The number of hydrogen-bond acceptors (Lipinski definition) is 3. The molecule has 0 aliphatic carbocycles. The molecule has 114 valence electrons. The van der Waals surface area contributed by atoms with Gasteiger partial charge in [0, 0.05) is 18.3 Å². The number of carboxylic acid groups (broad SMARTS) is 1. The molecule has 1 aliphatic heterocycles. The monoisotopic (exact) mass is 291 g/mol. The van der Waals surface area contributed by atoms with Crippen LogP contribution >= 0.6 is 0 Å². The lowest BCUT2D eigenvalue weighted by atomic mass is 9.98. The molecule has 1 saturated heterocycles. The van der Waals surface area contributed by atoms with Crippen molar-refractivity contribution in [3.8, 4) is 0 Å². The number of nitrogens with zero attached hydrogens (tertiary/aromatic N) is 2. The maximum atomic E-state index is 12.3. The maximum absolute atomic E-state index is 12.3. The molecule has 21 heavy (non-hydrogen) atoms. The van der Waals surface area contributed by atoms with Crippen molar-refractivity contribution < 1.29 is 14.7 Å². The number of amides is 2. The minimum atomic E-state index is -0.997. The molecule has 1 aromatic rings. The van der Waals surface area contributed by atoms with E-state index in [4.69, 9.17) is 5.11 Å². The molecule has 2 N–H and O–H groups in total. The molecule has 2 unspecified atom stereocenters. The average molecular weight is 291 g/mol. The molecule has 0 bridgehead atoms. The van der Waals surface area contributed by atoms with Crippen molar-refractivity contribution >= 4 is 12.0 Å². The second kappa shape index (κ2) is 6.56. The topological polar surface area (TPSA) is 82.5 Å². The highest BCUT2D eigenvalue weighted by Crippen LogP contribution is 2.22. The van der Waals surface area contributed by atoms with E-state index in [9.17, 15) is 9.59 Å². The predicted octanol–water partition coefficient (Wildman–Crippen LogP) is 2.25. The number of nitrogens with one attached hydrogen (secondary N) is 1. The van der Waals surface area contributed by atoms with Crippen LogP contribution in [-0.4, -0.2) is 39.1 Å². The Morgan fingerprint density at radius 2 is 2.05 bits per heavy atom.